The number of aromatic hydroxyl groups is 1. The Balaban J connectivity index is 2.94. The van der Waals surface area contributed by atoms with Crippen LogP contribution >= 0.6 is 15.9 Å². The Labute approximate surface area is 93.4 Å². The van der Waals surface area contributed by atoms with E-state index in [0.29, 0.717) is 10.8 Å². The summed E-state index contributed by atoms with van der Waals surface area (Å²) < 4.78 is 0.767. The highest BCUT2D eigenvalue weighted by Crippen LogP contribution is 2.36. The van der Waals surface area contributed by atoms with Crippen molar-refractivity contribution in [3.63, 3.8) is 0 Å². The molecule has 0 aliphatic rings. The summed E-state index contributed by atoms with van der Waals surface area (Å²) in [4.78, 5) is 10.2. The largest absolute Gasteiger partial charge is 0.502 e. The van der Waals surface area contributed by atoms with Crippen LogP contribution in [0, 0.1) is 10.1 Å². The monoisotopic (exact) mass is 267 g/mol. The van der Waals surface area contributed by atoms with Gasteiger partial charge in [-0.05, 0) is 24.3 Å². The number of benzene rings is 2. The Morgan fingerprint density at radius 3 is 2.60 bits per heavy atom. The third-order valence-corrected chi connectivity index (χ3v) is 2.83. The predicted molar refractivity (Wildman–Crippen MR) is 60.0 cm³/mol. The molecule has 2 aromatic carbocycles. The van der Waals surface area contributed by atoms with E-state index in [1.807, 2.05) is 0 Å². The number of rotatable bonds is 1. The first-order valence-corrected chi connectivity index (χ1v) is 4.95. The predicted octanol–water partition coefficient (Wildman–Crippen LogP) is 3.22. The molecule has 1 N–H and O–H groups in total. The maximum atomic E-state index is 10.8. The second-order valence-corrected chi connectivity index (χ2v) is 3.88. The van der Waals surface area contributed by atoms with Crippen LogP contribution in [-0.2, 0) is 0 Å². The van der Waals surface area contributed by atoms with E-state index in [2.05, 4.69) is 15.9 Å². The molecule has 0 aliphatic heterocycles. The Morgan fingerprint density at radius 2 is 1.93 bits per heavy atom. The van der Waals surface area contributed by atoms with Gasteiger partial charge in [-0.3, -0.25) is 10.1 Å². The minimum atomic E-state index is -0.579. The molecular formula is C10H6BrNO3. The van der Waals surface area contributed by atoms with E-state index in [-0.39, 0.29) is 11.4 Å². The van der Waals surface area contributed by atoms with E-state index in [1.165, 1.54) is 6.07 Å². The van der Waals surface area contributed by atoms with Crippen molar-refractivity contribution in [2.24, 2.45) is 0 Å². The molecule has 4 nitrogen and oxygen atoms in total. The fourth-order valence-corrected chi connectivity index (χ4v) is 1.98. The molecule has 0 aliphatic carbocycles. The van der Waals surface area contributed by atoms with Crippen LogP contribution in [0.15, 0.2) is 34.8 Å². The molecule has 0 bridgehead atoms. The van der Waals surface area contributed by atoms with E-state index in [0.717, 1.165) is 4.47 Å². The number of nitro benzene ring substituents is 1. The number of phenolic OH excluding ortho intramolecular Hbond substituents is 1. The number of hydrogen-bond acceptors (Lipinski definition) is 3. The number of phenols is 1. The lowest BCUT2D eigenvalue weighted by Crippen LogP contribution is -1.90. The molecule has 15 heavy (non-hydrogen) atoms. The molecule has 2 aromatic rings. The van der Waals surface area contributed by atoms with Crippen molar-refractivity contribution in [3.8, 4) is 5.75 Å². The summed E-state index contributed by atoms with van der Waals surface area (Å²) in [6.07, 6.45) is 0. The van der Waals surface area contributed by atoms with Crippen LogP contribution in [0.1, 0.15) is 0 Å². The molecular weight excluding hydrogens is 262 g/mol. The number of nitro groups is 1. The van der Waals surface area contributed by atoms with Crippen LogP contribution < -0.4 is 0 Å². The fraction of sp³-hybridized carbons (Fsp3) is 0. The first-order valence-electron chi connectivity index (χ1n) is 4.16. The summed E-state index contributed by atoms with van der Waals surface area (Å²) in [5, 5.41) is 21.3. The molecule has 0 heterocycles. The molecule has 0 aromatic heterocycles. The molecule has 0 spiro atoms. The normalized spacial score (nSPS) is 10.5. The topological polar surface area (TPSA) is 63.4 Å². The molecule has 0 fully saturated rings. The zero-order valence-corrected chi connectivity index (χ0v) is 9.06. The Kier molecular flexibility index (Phi) is 2.32. The third-order valence-electron chi connectivity index (χ3n) is 2.14. The van der Waals surface area contributed by atoms with Crippen LogP contribution in [0.5, 0.6) is 5.75 Å². The van der Waals surface area contributed by atoms with Gasteiger partial charge in [-0.1, -0.05) is 22.0 Å². The molecule has 0 radical (unpaired) electrons. The van der Waals surface area contributed by atoms with Gasteiger partial charge < -0.3 is 5.11 Å². The third kappa shape index (κ3) is 1.55. The standard InChI is InChI=1S/C10H6BrNO3/c11-8-3-1-2-7-6(8)4-5-9(13)10(7)12(14)15/h1-5,13H. The Bertz CT molecular complexity index is 554. The molecule has 0 unspecified atom stereocenters. The van der Waals surface area contributed by atoms with Gasteiger partial charge in [0.05, 0.1) is 10.3 Å². The molecule has 76 valence electrons. The van der Waals surface area contributed by atoms with Crippen molar-refractivity contribution in [2.45, 2.75) is 0 Å². The first-order chi connectivity index (χ1) is 7.11. The molecule has 0 saturated carbocycles. The van der Waals surface area contributed by atoms with Crippen molar-refractivity contribution in [1.82, 2.24) is 0 Å². The summed E-state index contributed by atoms with van der Waals surface area (Å²) in [5.74, 6) is -0.314. The summed E-state index contributed by atoms with van der Waals surface area (Å²) >= 11 is 3.30. The van der Waals surface area contributed by atoms with E-state index in [4.69, 9.17) is 0 Å². The number of nitrogens with zero attached hydrogens (tertiary/aromatic N) is 1. The second kappa shape index (κ2) is 3.51. The van der Waals surface area contributed by atoms with Crippen molar-refractivity contribution < 1.29 is 10.0 Å². The minimum absolute atomic E-state index is 0.256. The van der Waals surface area contributed by atoms with E-state index < -0.39 is 4.92 Å². The second-order valence-electron chi connectivity index (χ2n) is 3.03. The van der Waals surface area contributed by atoms with Crippen molar-refractivity contribution in [1.29, 1.82) is 0 Å². The van der Waals surface area contributed by atoms with Crippen LogP contribution in [0.4, 0.5) is 5.69 Å². The highest BCUT2D eigenvalue weighted by molar-refractivity contribution is 9.10. The molecule has 0 atom stereocenters. The highest BCUT2D eigenvalue weighted by Gasteiger charge is 2.18. The first kappa shape index (κ1) is 9.92. The average Bonchev–Trinajstić information content (AvgIpc) is 2.17. The van der Waals surface area contributed by atoms with Crippen LogP contribution in [0.25, 0.3) is 10.8 Å². The van der Waals surface area contributed by atoms with Crippen LogP contribution in [0.3, 0.4) is 0 Å². The van der Waals surface area contributed by atoms with E-state index >= 15 is 0 Å². The van der Waals surface area contributed by atoms with Crippen molar-refractivity contribution in [2.75, 3.05) is 0 Å². The van der Waals surface area contributed by atoms with Gasteiger partial charge in [-0.25, -0.2) is 0 Å². The van der Waals surface area contributed by atoms with Gasteiger partial charge in [0.15, 0.2) is 5.75 Å². The van der Waals surface area contributed by atoms with E-state index in [1.54, 1.807) is 24.3 Å². The van der Waals surface area contributed by atoms with Gasteiger partial charge >= 0.3 is 5.69 Å². The molecule has 0 saturated heterocycles. The van der Waals surface area contributed by atoms with Gasteiger partial charge in [-0.15, -0.1) is 0 Å². The average molecular weight is 268 g/mol. The fourth-order valence-electron chi connectivity index (χ4n) is 1.48. The lowest BCUT2D eigenvalue weighted by Gasteiger charge is -2.02. The highest BCUT2D eigenvalue weighted by atomic mass is 79.9. The van der Waals surface area contributed by atoms with Gasteiger partial charge in [0.25, 0.3) is 0 Å². The summed E-state index contributed by atoms with van der Waals surface area (Å²) in [6, 6.07) is 8.06. The summed E-state index contributed by atoms with van der Waals surface area (Å²) in [7, 11) is 0. The quantitative estimate of drug-likeness (QED) is 0.638. The van der Waals surface area contributed by atoms with Gasteiger partial charge in [-0.2, -0.15) is 0 Å². The summed E-state index contributed by atoms with van der Waals surface area (Å²) in [6.45, 7) is 0. The van der Waals surface area contributed by atoms with E-state index in [9.17, 15) is 15.2 Å². The maximum absolute atomic E-state index is 10.8. The maximum Gasteiger partial charge on any atom is 0.318 e. The SMILES string of the molecule is O=[N+]([O-])c1c(O)ccc2c(Br)cccc12. The lowest BCUT2D eigenvalue weighted by molar-refractivity contribution is -0.384. The molecule has 2 rings (SSSR count). The zero-order chi connectivity index (χ0) is 11.0. The van der Waals surface area contributed by atoms with Crippen LogP contribution in [-0.4, -0.2) is 10.0 Å². The number of halogens is 1. The smallest absolute Gasteiger partial charge is 0.318 e. The Hall–Kier alpha value is -1.62. The van der Waals surface area contributed by atoms with Crippen molar-refractivity contribution in [3.05, 3.63) is 44.9 Å². The molecule has 0 amide bonds. The van der Waals surface area contributed by atoms with Crippen molar-refractivity contribution >= 4 is 32.4 Å². The van der Waals surface area contributed by atoms with Gasteiger partial charge in [0.1, 0.15) is 0 Å². The lowest BCUT2D eigenvalue weighted by atomic mass is 10.1. The van der Waals surface area contributed by atoms with Gasteiger partial charge in [0.2, 0.25) is 0 Å². The molecule has 5 heteroatoms. The zero-order valence-electron chi connectivity index (χ0n) is 7.48. The summed E-state index contributed by atoms with van der Waals surface area (Å²) in [5.41, 5.74) is -0.256. The minimum Gasteiger partial charge on any atom is -0.502 e. The Morgan fingerprint density at radius 1 is 1.20 bits per heavy atom. The number of fused-ring (bicyclic) bond motifs is 1. The number of hydrogen-bond donors (Lipinski definition) is 1. The van der Waals surface area contributed by atoms with Gasteiger partial charge in [0, 0.05) is 9.86 Å². The van der Waals surface area contributed by atoms with Crippen LogP contribution in [0.2, 0.25) is 0 Å².